The quantitative estimate of drug-likeness (QED) is 0.589. The number of nitrogens with zero attached hydrogens (tertiary/aromatic N) is 2. The Hall–Kier alpha value is -3.25. The van der Waals surface area contributed by atoms with E-state index in [0.29, 0.717) is 23.7 Å². The molecule has 1 aromatic heterocycles. The summed E-state index contributed by atoms with van der Waals surface area (Å²) in [6, 6.07) is 3.88. The highest BCUT2D eigenvalue weighted by Crippen LogP contribution is 2.36. The Morgan fingerprint density at radius 3 is 2.67 bits per heavy atom. The van der Waals surface area contributed by atoms with Gasteiger partial charge < -0.3 is 10.2 Å². The van der Waals surface area contributed by atoms with E-state index in [1.807, 2.05) is 10.9 Å². The van der Waals surface area contributed by atoms with E-state index < -0.39 is 38.9 Å². The predicted molar refractivity (Wildman–Crippen MR) is 102 cm³/mol. The third kappa shape index (κ3) is 3.91. The van der Waals surface area contributed by atoms with Gasteiger partial charge in [0, 0.05) is 23.9 Å². The molecule has 0 atom stereocenters. The maximum atomic E-state index is 14.2. The van der Waals surface area contributed by atoms with Crippen molar-refractivity contribution in [2.24, 2.45) is 5.92 Å². The van der Waals surface area contributed by atoms with E-state index in [9.17, 15) is 22.0 Å². The summed E-state index contributed by atoms with van der Waals surface area (Å²) in [6.45, 7) is 0. The molecule has 1 fully saturated rings. The number of aromatic nitrogens is 1. The van der Waals surface area contributed by atoms with Gasteiger partial charge in [0.25, 0.3) is 10.0 Å². The number of anilines is 2. The van der Waals surface area contributed by atoms with Crippen LogP contribution in [0.1, 0.15) is 23.2 Å². The van der Waals surface area contributed by atoms with Gasteiger partial charge in [0.1, 0.15) is 11.6 Å². The van der Waals surface area contributed by atoms with Gasteiger partial charge >= 0.3 is 5.97 Å². The first-order valence-corrected chi connectivity index (χ1v) is 10.4. The van der Waals surface area contributed by atoms with Crippen molar-refractivity contribution < 1.29 is 26.7 Å². The standard InChI is InChI=1S/C18H17F2N5O4S/c1-29-18(26)12-6-14(20)15(7-13(12)19)23-30(27,28)17-5-4-11(8-21-17)25-9-16(22-24-25)10-2-3-10/h4-10,22-24H,2-3H2,1H3. The van der Waals surface area contributed by atoms with Crippen LogP contribution in [0.5, 0.6) is 0 Å². The number of methoxy groups -OCH3 is 1. The van der Waals surface area contributed by atoms with Gasteiger partial charge in [-0.3, -0.25) is 9.73 Å². The largest absolute Gasteiger partial charge is 0.465 e. The number of esters is 1. The molecule has 1 saturated carbocycles. The van der Waals surface area contributed by atoms with Crippen molar-refractivity contribution in [1.29, 1.82) is 0 Å². The number of rotatable bonds is 6. The summed E-state index contributed by atoms with van der Waals surface area (Å²) in [5, 5.41) is 1.27. The molecule has 0 saturated heterocycles. The van der Waals surface area contributed by atoms with E-state index in [1.165, 1.54) is 18.3 Å². The number of carbonyl (C=O) groups is 1. The van der Waals surface area contributed by atoms with Crippen molar-refractivity contribution in [2.45, 2.75) is 17.9 Å². The topological polar surface area (TPSA) is 113 Å². The molecule has 30 heavy (non-hydrogen) atoms. The third-order valence-corrected chi connectivity index (χ3v) is 5.87. The van der Waals surface area contributed by atoms with Gasteiger partial charge in [0.15, 0.2) is 5.03 Å². The predicted octanol–water partition coefficient (Wildman–Crippen LogP) is 2.03. The zero-order chi connectivity index (χ0) is 21.5. The molecule has 1 aliphatic heterocycles. The minimum Gasteiger partial charge on any atom is -0.465 e. The number of hydrogen-bond donors (Lipinski definition) is 3. The molecule has 2 aromatic rings. The van der Waals surface area contributed by atoms with Crippen LogP contribution in [0, 0.1) is 17.6 Å². The second-order valence-corrected chi connectivity index (χ2v) is 8.36. The Morgan fingerprint density at radius 2 is 2.03 bits per heavy atom. The molecule has 1 aliphatic carbocycles. The summed E-state index contributed by atoms with van der Waals surface area (Å²) in [5.74, 6) is -2.85. The number of sulfonamides is 1. The molecule has 0 spiro atoms. The molecule has 2 aliphatic rings. The molecular weight excluding hydrogens is 420 g/mol. The Balaban J connectivity index is 1.53. The van der Waals surface area contributed by atoms with Crippen LogP contribution in [-0.4, -0.2) is 26.5 Å². The van der Waals surface area contributed by atoms with E-state index in [4.69, 9.17) is 0 Å². The second-order valence-electron chi connectivity index (χ2n) is 6.73. The van der Waals surface area contributed by atoms with E-state index in [-0.39, 0.29) is 5.03 Å². The highest BCUT2D eigenvalue weighted by molar-refractivity contribution is 7.92. The number of allylic oxidation sites excluding steroid dienone is 1. The molecule has 2 heterocycles. The van der Waals surface area contributed by atoms with Crippen LogP contribution in [-0.2, 0) is 14.8 Å². The smallest absolute Gasteiger partial charge is 0.340 e. The fourth-order valence-corrected chi connectivity index (χ4v) is 3.82. The van der Waals surface area contributed by atoms with Crippen molar-refractivity contribution >= 4 is 27.4 Å². The van der Waals surface area contributed by atoms with Crippen molar-refractivity contribution in [2.75, 3.05) is 16.8 Å². The highest BCUT2D eigenvalue weighted by atomic mass is 32.2. The molecule has 9 nitrogen and oxygen atoms in total. The van der Waals surface area contributed by atoms with Crippen LogP contribution in [0.3, 0.4) is 0 Å². The summed E-state index contributed by atoms with van der Waals surface area (Å²) in [5.41, 5.74) is 6.29. The van der Waals surface area contributed by atoms with Gasteiger partial charge in [-0.2, -0.15) is 8.42 Å². The van der Waals surface area contributed by atoms with E-state index in [0.717, 1.165) is 25.6 Å². The summed E-state index contributed by atoms with van der Waals surface area (Å²) in [7, 11) is -3.28. The zero-order valence-electron chi connectivity index (χ0n) is 15.6. The van der Waals surface area contributed by atoms with Crippen LogP contribution in [0.2, 0.25) is 0 Å². The Kier molecular flexibility index (Phi) is 5.03. The minimum absolute atomic E-state index is 0.387. The number of carbonyl (C=O) groups excluding carboxylic acids is 1. The fraction of sp³-hybridized carbons (Fsp3) is 0.222. The number of ether oxygens (including phenoxy) is 1. The van der Waals surface area contributed by atoms with Crippen LogP contribution in [0.4, 0.5) is 20.2 Å². The first kappa shape index (κ1) is 20.0. The molecule has 0 bridgehead atoms. The SMILES string of the molecule is COC(=O)c1cc(F)c(NS(=O)(=O)c2ccc(N3C=C(C4CC4)NN3)cn2)cc1F. The number of halogens is 2. The van der Waals surface area contributed by atoms with Crippen LogP contribution < -0.4 is 20.7 Å². The Labute approximate surface area is 170 Å². The fourth-order valence-electron chi connectivity index (χ4n) is 2.83. The average Bonchev–Trinajstić information content (AvgIpc) is 3.46. The highest BCUT2D eigenvalue weighted by Gasteiger charge is 2.30. The van der Waals surface area contributed by atoms with Crippen LogP contribution in [0.15, 0.2) is 47.4 Å². The first-order chi connectivity index (χ1) is 14.3. The zero-order valence-corrected chi connectivity index (χ0v) is 16.5. The van der Waals surface area contributed by atoms with Crippen molar-refractivity contribution in [3.63, 3.8) is 0 Å². The van der Waals surface area contributed by atoms with Gasteiger partial charge in [-0.1, -0.05) is 0 Å². The van der Waals surface area contributed by atoms with Gasteiger partial charge in [-0.25, -0.2) is 18.6 Å². The van der Waals surface area contributed by atoms with Crippen molar-refractivity contribution in [3.8, 4) is 0 Å². The molecule has 4 rings (SSSR count). The number of nitrogens with one attached hydrogen (secondary N) is 3. The molecule has 12 heteroatoms. The lowest BCUT2D eigenvalue weighted by atomic mass is 10.2. The number of hydrogen-bond acceptors (Lipinski definition) is 8. The number of pyridine rings is 1. The van der Waals surface area contributed by atoms with Crippen LogP contribution >= 0.6 is 0 Å². The molecule has 158 valence electrons. The van der Waals surface area contributed by atoms with E-state index >= 15 is 0 Å². The molecule has 1 aromatic carbocycles. The lowest BCUT2D eigenvalue weighted by Crippen LogP contribution is -2.36. The summed E-state index contributed by atoms with van der Waals surface area (Å²) < 4.78 is 59.5. The lowest BCUT2D eigenvalue weighted by Gasteiger charge is -2.15. The molecule has 0 unspecified atom stereocenters. The van der Waals surface area contributed by atoms with E-state index in [1.54, 1.807) is 5.01 Å². The maximum Gasteiger partial charge on any atom is 0.340 e. The molecule has 0 amide bonds. The van der Waals surface area contributed by atoms with Gasteiger partial charge in [-0.05, 0) is 31.0 Å². The van der Waals surface area contributed by atoms with Gasteiger partial charge in [-0.15, -0.1) is 5.53 Å². The molecular formula is C18H17F2N5O4S. The first-order valence-electron chi connectivity index (χ1n) is 8.87. The summed E-state index contributed by atoms with van der Waals surface area (Å²) in [6.07, 6.45) is 5.43. The average molecular weight is 437 g/mol. The van der Waals surface area contributed by atoms with Gasteiger partial charge in [0.05, 0.1) is 30.2 Å². The number of hydrazine groups is 2. The van der Waals surface area contributed by atoms with Crippen LogP contribution in [0.25, 0.3) is 0 Å². The van der Waals surface area contributed by atoms with E-state index in [2.05, 4.69) is 20.7 Å². The van der Waals surface area contributed by atoms with Gasteiger partial charge in [0.2, 0.25) is 0 Å². The van der Waals surface area contributed by atoms with Crippen molar-refractivity contribution in [1.82, 2.24) is 15.9 Å². The Bertz CT molecular complexity index is 1130. The Morgan fingerprint density at radius 1 is 1.27 bits per heavy atom. The maximum absolute atomic E-state index is 14.2. The molecule has 0 radical (unpaired) electrons. The van der Waals surface area contributed by atoms with Crippen molar-refractivity contribution in [3.05, 3.63) is 59.6 Å². The number of benzene rings is 1. The second kappa shape index (κ2) is 7.54. The summed E-state index contributed by atoms with van der Waals surface area (Å²) >= 11 is 0. The minimum atomic E-state index is -4.30. The lowest BCUT2D eigenvalue weighted by molar-refractivity contribution is 0.0595. The monoisotopic (exact) mass is 437 g/mol. The molecule has 3 N–H and O–H groups in total. The third-order valence-electron chi connectivity index (χ3n) is 4.59. The summed E-state index contributed by atoms with van der Waals surface area (Å²) in [4.78, 5) is 15.3. The normalized spacial score (nSPS) is 16.1.